The largest absolute Gasteiger partial charge is 0.416 e. The molecule has 1 amide bonds. The number of carbonyl (C=O) groups excluding carboxylic acids is 1. The lowest BCUT2D eigenvalue weighted by atomic mass is 10.3. The van der Waals surface area contributed by atoms with Gasteiger partial charge in [-0.15, -0.1) is 0 Å². The van der Waals surface area contributed by atoms with Gasteiger partial charge in [0.1, 0.15) is 6.54 Å². The van der Waals surface area contributed by atoms with Crippen LogP contribution in [0.3, 0.4) is 0 Å². The molecule has 0 fully saturated rings. The van der Waals surface area contributed by atoms with Crippen LogP contribution in [0, 0.1) is 0 Å². The summed E-state index contributed by atoms with van der Waals surface area (Å²) in [6, 6.07) is 7.07. The molecular weight excluding hydrogens is 275 g/mol. The monoisotopic (exact) mass is 287 g/mol. The molecule has 1 atom stereocenters. The van der Waals surface area contributed by atoms with Crippen molar-refractivity contribution in [1.29, 1.82) is 0 Å². The van der Waals surface area contributed by atoms with Crippen LogP contribution in [-0.4, -0.2) is 39.4 Å². The van der Waals surface area contributed by atoms with Crippen LogP contribution in [-0.2, 0) is 11.3 Å². The van der Waals surface area contributed by atoms with Crippen LogP contribution in [0.25, 0.3) is 11.0 Å². The normalized spacial score (nSPS) is 13.4. The van der Waals surface area contributed by atoms with E-state index < -0.39 is 24.7 Å². The van der Waals surface area contributed by atoms with Crippen molar-refractivity contribution in [2.24, 2.45) is 0 Å². The molecule has 2 N–H and O–H groups in total. The number of rotatable bonds is 4. The smallest absolute Gasteiger partial charge is 0.382 e. The Morgan fingerprint density at radius 1 is 1.40 bits per heavy atom. The number of aliphatic hydroxyl groups excluding tert-OH is 1. The van der Waals surface area contributed by atoms with Gasteiger partial charge in [-0.1, -0.05) is 12.1 Å². The van der Waals surface area contributed by atoms with Crippen molar-refractivity contribution < 1.29 is 23.1 Å². The number of nitrogens with zero attached hydrogens (tertiary/aromatic N) is 2. The van der Waals surface area contributed by atoms with Crippen molar-refractivity contribution in [2.45, 2.75) is 18.8 Å². The summed E-state index contributed by atoms with van der Waals surface area (Å²) in [5, 5.41) is 10.8. The maximum Gasteiger partial charge on any atom is 0.416 e. The third-order valence-electron chi connectivity index (χ3n) is 2.71. The summed E-state index contributed by atoms with van der Waals surface area (Å²) in [5.41, 5.74) is 1.40. The van der Waals surface area contributed by atoms with E-state index in [-0.39, 0.29) is 6.54 Å². The molecule has 108 valence electrons. The Labute approximate surface area is 112 Å². The van der Waals surface area contributed by atoms with Gasteiger partial charge >= 0.3 is 6.18 Å². The van der Waals surface area contributed by atoms with E-state index in [9.17, 15) is 18.0 Å². The second-order valence-corrected chi connectivity index (χ2v) is 4.22. The molecule has 20 heavy (non-hydrogen) atoms. The van der Waals surface area contributed by atoms with Crippen LogP contribution in [0.5, 0.6) is 0 Å². The van der Waals surface area contributed by atoms with E-state index in [2.05, 4.69) is 4.98 Å². The van der Waals surface area contributed by atoms with E-state index in [0.29, 0.717) is 11.0 Å². The summed E-state index contributed by atoms with van der Waals surface area (Å²) in [5.74, 6) is -0.628. The molecule has 5 nitrogen and oxygen atoms in total. The van der Waals surface area contributed by atoms with Crippen molar-refractivity contribution in [3.63, 3.8) is 0 Å². The van der Waals surface area contributed by atoms with Gasteiger partial charge in [-0.25, -0.2) is 4.98 Å². The number of imidazole rings is 1. The van der Waals surface area contributed by atoms with Gasteiger partial charge in [-0.05, 0) is 12.1 Å². The van der Waals surface area contributed by atoms with Crippen LogP contribution >= 0.6 is 0 Å². The number of alkyl halides is 3. The predicted octanol–water partition coefficient (Wildman–Crippen LogP) is 1.08. The van der Waals surface area contributed by atoms with E-state index in [0.717, 1.165) is 0 Å². The summed E-state index contributed by atoms with van der Waals surface area (Å²) in [4.78, 5) is 15.6. The number of aromatic nitrogens is 2. The fourth-order valence-electron chi connectivity index (χ4n) is 1.67. The Balaban J connectivity index is 1.95. The topological polar surface area (TPSA) is 67.2 Å². The Hall–Kier alpha value is -2.09. The quantitative estimate of drug-likeness (QED) is 0.884. The van der Waals surface area contributed by atoms with Crippen LogP contribution in [0.15, 0.2) is 30.6 Å². The van der Waals surface area contributed by atoms with E-state index in [1.807, 2.05) is 5.32 Å². The number of aliphatic hydroxyl groups is 1. The minimum atomic E-state index is -4.74. The number of carbonyl (C=O) groups is 1. The first-order valence-corrected chi connectivity index (χ1v) is 5.79. The first kappa shape index (κ1) is 14.3. The van der Waals surface area contributed by atoms with E-state index in [1.165, 1.54) is 10.9 Å². The molecule has 0 aliphatic rings. The fourth-order valence-corrected chi connectivity index (χ4v) is 1.67. The molecule has 0 radical (unpaired) electrons. The molecule has 1 heterocycles. The lowest BCUT2D eigenvalue weighted by molar-refractivity contribution is -0.201. The summed E-state index contributed by atoms with van der Waals surface area (Å²) >= 11 is 0. The zero-order valence-corrected chi connectivity index (χ0v) is 10.3. The molecule has 0 aliphatic carbocycles. The number of fused-ring (bicyclic) bond motifs is 1. The van der Waals surface area contributed by atoms with Crippen molar-refractivity contribution in [1.82, 2.24) is 14.9 Å². The second kappa shape index (κ2) is 5.49. The third kappa shape index (κ3) is 3.27. The summed E-state index contributed by atoms with van der Waals surface area (Å²) in [6.07, 6.45) is -5.87. The van der Waals surface area contributed by atoms with Crippen LogP contribution in [0.4, 0.5) is 13.2 Å². The van der Waals surface area contributed by atoms with Gasteiger partial charge in [0, 0.05) is 0 Å². The van der Waals surface area contributed by atoms with Crippen molar-refractivity contribution >= 4 is 16.9 Å². The fraction of sp³-hybridized carbons (Fsp3) is 0.333. The van der Waals surface area contributed by atoms with Crippen LogP contribution in [0.1, 0.15) is 0 Å². The Morgan fingerprint density at radius 3 is 2.80 bits per heavy atom. The molecule has 1 unspecified atom stereocenters. The average molecular weight is 287 g/mol. The second-order valence-electron chi connectivity index (χ2n) is 4.22. The molecular formula is C12H12F3N3O2. The number of halogens is 3. The highest BCUT2D eigenvalue weighted by Crippen LogP contribution is 2.19. The molecule has 1 aromatic carbocycles. The lowest BCUT2D eigenvalue weighted by Gasteiger charge is -2.15. The number of benzene rings is 1. The molecule has 2 rings (SSSR count). The molecule has 0 spiro atoms. The summed E-state index contributed by atoms with van der Waals surface area (Å²) < 4.78 is 37.7. The van der Waals surface area contributed by atoms with Gasteiger partial charge in [0.05, 0.1) is 23.9 Å². The lowest BCUT2D eigenvalue weighted by Crippen LogP contribution is -2.41. The number of nitrogens with one attached hydrogen (secondary N) is 1. The molecule has 0 saturated carbocycles. The minimum absolute atomic E-state index is 0.162. The van der Waals surface area contributed by atoms with E-state index in [1.54, 1.807) is 24.3 Å². The molecule has 0 saturated heterocycles. The molecule has 1 aromatic heterocycles. The van der Waals surface area contributed by atoms with Gasteiger partial charge < -0.3 is 15.0 Å². The number of amides is 1. The highest BCUT2D eigenvalue weighted by molar-refractivity contribution is 5.80. The molecule has 2 aromatic rings. The summed E-state index contributed by atoms with van der Waals surface area (Å²) in [7, 11) is 0. The van der Waals surface area contributed by atoms with Crippen molar-refractivity contribution in [3.8, 4) is 0 Å². The van der Waals surface area contributed by atoms with Crippen LogP contribution < -0.4 is 5.32 Å². The standard InChI is InChI=1S/C12H12F3N3O2/c13-12(14,15)10(19)5-16-11(20)6-18-7-17-8-3-1-2-4-9(8)18/h1-4,7,10,19H,5-6H2,(H,16,20). The minimum Gasteiger partial charge on any atom is -0.382 e. The number of hydrogen-bond acceptors (Lipinski definition) is 3. The Kier molecular flexibility index (Phi) is 3.93. The predicted molar refractivity (Wildman–Crippen MR) is 64.8 cm³/mol. The first-order valence-electron chi connectivity index (χ1n) is 5.79. The van der Waals surface area contributed by atoms with Crippen molar-refractivity contribution in [2.75, 3.05) is 6.54 Å². The van der Waals surface area contributed by atoms with Gasteiger partial charge in [0.2, 0.25) is 5.91 Å². The number of para-hydroxylation sites is 2. The first-order chi connectivity index (χ1) is 9.38. The van der Waals surface area contributed by atoms with E-state index in [4.69, 9.17) is 5.11 Å². The highest BCUT2D eigenvalue weighted by atomic mass is 19.4. The van der Waals surface area contributed by atoms with E-state index >= 15 is 0 Å². The maximum atomic E-state index is 12.1. The van der Waals surface area contributed by atoms with Gasteiger partial charge in [-0.2, -0.15) is 13.2 Å². The third-order valence-corrected chi connectivity index (χ3v) is 2.71. The Bertz CT molecular complexity index is 609. The highest BCUT2D eigenvalue weighted by Gasteiger charge is 2.38. The zero-order chi connectivity index (χ0) is 14.8. The SMILES string of the molecule is O=C(Cn1cnc2ccccc21)NCC(O)C(F)(F)F. The van der Waals surface area contributed by atoms with Gasteiger partial charge in [-0.3, -0.25) is 4.79 Å². The Morgan fingerprint density at radius 2 is 2.10 bits per heavy atom. The van der Waals surface area contributed by atoms with Crippen LogP contribution in [0.2, 0.25) is 0 Å². The summed E-state index contributed by atoms with van der Waals surface area (Å²) in [6.45, 7) is -1.03. The van der Waals surface area contributed by atoms with Crippen molar-refractivity contribution in [3.05, 3.63) is 30.6 Å². The number of hydrogen-bond donors (Lipinski definition) is 2. The zero-order valence-electron chi connectivity index (χ0n) is 10.3. The van der Waals surface area contributed by atoms with Gasteiger partial charge in [0.15, 0.2) is 6.10 Å². The maximum absolute atomic E-state index is 12.1. The van der Waals surface area contributed by atoms with Gasteiger partial charge in [0.25, 0.3) is 0 Å². The average Bonchev–Trinajstić information content (AvgIpc) is 2.78. The molecule has 0 aliphatic heterocycles. The molecule has 8 heteroatoms. The molecule has 0 bridgehead atoms.